The molecule has 0 aliphatic rings. The van der Waals surface area contributed by atoms with Gasteiger partial charge in [-0.15, -0.1) is 0 Å². The van der Waals surface area contributed by atoms with Gasteiger partial charge in [-0.3, -0.25) is 0 Å². The molecule has 0 unspecified atom stereocenters. The van der Waals surface area contributed by atoms with Gasteiger partial charge in [0.25, 0.3) is 0 Å². The van der Waals surface area contributed by atoms with E-state index in [-0.39, 0.29) is 0 Å². The molecule has 0 aliphatic carbocycles. The van der Waals surface area contributed by atoms with Crippen molar-refractivity contribution in [1.29, 1.82) is 0 Å². The number of hydrogen-bond donors (Lipinski definition) is 0. The first kappa shape index (κ1) is 14.3. The van der Waals surface area contributed by atoms with Gasteiger partial charge in [0.2, 0.25) is 0 Å². The molecule has 0 radical (unpaired) electrons. The third-order valence-electron chi connectivity index (χ3n) is 1.86. The standard InChI is InChI=1S/C11H21O2.Li/c1-3-5-7-8-10-13-11-12-9-6-4-2;/h5,7H,1,3-4,6,8-11H2,2H3;/b7-5-;. The van der Waals surface area contributed by atoms with Crippen molar-refractivity contribution in [2.75, 3.05) is 20.0 Å². The fourth-order valence-electron chi connectivity index (χ4n) is 0.977. The van der Waals surface area contributed by atoms with Gasteiger partial charge in [-0.1, -0.05) is 6.92 Å². The predicted octanol–water partition coefficient (Wildman–Crippen LogP) is 2.70. The van der Waals surface area contributed by atoms with Crippen molar-refractivity contribution >= 4 is 17.7 Å². The van der Waals surface area contributed by atoms with E-state index in [0.29, 0.717) is 6.79 Å². The summed E-state index contributed by atoms with van der Waals surface area (Å²) in [5, 5.41) is 1.22. The van der Waals surface area contributed by atoms with Crippen LogP contribution in [0.15, 0.2) is 12.2 Å². The molecule has 3 heteroatoms. The van der Waals surface area contributed by atoms with Crippen LogP contribution in [0.5, 0.6) is 0 Å². The molecule has 0 heterocycles. The van der Waals surface area contributed by atoms with Crippen molar-refractivity contribution < 1.29 is 9.47 Å². The van der Waals surface area contributed by atoms with E-state index in [9.17, 15) is 0 Å². The summed E-state index contributed by atoms with van der Waals surface area (Å²) in [5.74, 6) is 0. The van der Waals surface area contributed by atoms with E-state index in [1.54, 1.807) is 0 Å². The fourth-order valence-corrected chi connectivity index (χ4v) is 0.977. The Morgan fingerprint density at radius 2 is 1.79 bits per heavy atom. The minimum Gasteiger partial charge on any atom is -0.0653 e. The van der Waals surface area contributed by atoms with Gasteiger partial charge in [-0.05, 0) is 0 Å². The van der Waals surface area contributed by atoms with Crippen LogP contribution < -0.4 is 0 Å². The van der Waals surface area contributed by atoms with E-state index < -0.39 is 0 Å². The molecule has 2 nitrogen and oxygen atoms in total. The monoisotopic (exact) mass is 192 g/mol. The Morgan fingerprint density at radius 3 is 2.50 bits per heavy atom. The topological polar surface area (TPSA) is 18.5 Å². The van der Waals surface area contributed by atoms with Crippen LogP contribution in [0.4, 0.5) is 0 Å². The average molecular weight is 192 g/mol. The van der Waals surface area contributed by atoms with Gasteiger partial charge in [0.05, 0.1) is 0 Å². The third-order valence-corrected chi connectivity index (χ3v) is 1.86. The molecule has 0 aromatic carbocycles. The number of ether oxygens (including phenoxy) is 2. The predicted molar refractivity (Wildman–Crippen MR) is 60.6 cm³/mol. The van der Waals surface area contributed by atoms with Gasteiger partial charge in [-0.25, -0.2) is 0 Å². The molecule has 0 fully saturated rings. The second kappa shape index (κ2) is 13.3. The van der Waals surface area contributed by atoms with Crippen LogP contribution >= 0.6 is 0 Å². The number of allylic oxidation sites excluding steroid dienone is 1. The Morgan fingerprint density at radius 1 is 1.07 bits per heavy atom. The Labute approximate surface area is 97.2 Å². The molecular weight excluding hydrogens is 171 g/mol. The van der Waals surface area contributed by atoms with E-state index >= 15 is 0 Å². The van der Waals surface area contributed by atoms with Crippen LogP contribution in [0.2, 0.25) is 5.09 Å². The quantitative estimate of drug-likeness (QED) is 0.229. The Bertz CT molecular complexity index is 126. The Balaban J connectivity index is 2.91. The first-order valence-corrected chi connectivity index (χ1v) is 5.72. The Kier molecular flexibility index (Phi) is 13.5. The van der Waals surface area contributed by atoms with Crippen molar-refractivity contribution in [3.63, 3.8) is 0 Å². The number of rotatable bonds is 10. The summed E-state index contributed by atoms with van der Waals surface area (Å²) >= 11 is 2.18. The first-order valence-electron chi connectivity index (χ1n) is 5.72. The summed E-state index contributed by atoms with van der Waals surface area (Å²) in [6.07, 6.45) is 8.86. The van der Waals surface area contributed by atoms with Crippen LogP contribution in [0.25, 0.3) is 0 Å². The minimum absolute atomic E-state index is 0.446. The molecule has 0 spiro atoms. The number of unbranched alkanes of at least 4 members (excludes halogenated alkanes) is 1. The van der Waals surface area contributed by atoms with E-state index in [1.165, 1.54) is 17.9 Å². The smallest absolute Gasteiger partial charge is 0.0653 e. The van der Waals surface area contributed by atoms with Crippen LogP contribution in [0, 0.1) is 0 Å². The molecule has 0 amide bonds. The van der Waals surface area contributed by atoms with Crippen LogP contribution in [-0.2, 0) is 9.47 Å². The van der Waals surface area contributed by atoms with Gasteiger partial charge in [-0.2, -0.15) is 0 Å². The van der Waals surface area contributed by atoms with E-state index in [4.69, 9.17) is 9.47 Å². The molecular formula is C11H21LiO2. The summed E-state index contributed by atoms with van der Waals surface area (Å²) in [4.78, 5) is 0. The van der Waals surface area contributed by atoms with Crippen LogP contribution in [-0.4, -0.2) is 37.7 Å². The SMILES string of the molecule is [Li][CH2]C/C=C\CCOCOCCCC. The van der Waals surface area contributed by atoms with Crippen molar-refractivity contribution in [2.24, 2.45) is 0 Å². The molecule has 78 valence electrons. The van der Waals surface area contributed by atoms with Gasteiger partial charge in [0, 0.05) is 0 Å². The normalized spacial score (nSPS) is 11.4. The summed E-state index contributed by atoms with van der Waals surface area (Å²) in [7, 11) is 0. The molecule has 0 aromatic heterocycles. The summed E-state index contributed by atoms with van der Waals surface area (Å²) in [6, 6.07) is 0. The molecule has 0 atom stereocenters. The Hall–Kier alpha value is 0.257. The average Bonchev–Trinajstić information content (AvgIpc) is 2.21. The molecule has 0 bridgehead atoms. The minimum atomic E-state index is 0.446. The van der Waals surface area contributed by atoms with Crippen molar-refractivity contribution in [1.82, 2.24) is 0 Å². The van der Waals surface area contributed by atoms with E-state index in [0.717, 1.165) is 26.1 Å². The van der Waals surface area contributed by atoms with E-state index in [2.05, 4.69) is 36.8 Å². The molecule has 0 saturated carbocycles. The maximum absolute atomic E-state index is 5.29. The van der Waals surface area contributed by atoms with Crippen molar-refractivity contribution in [3.05, 3.63) is 12.2 Å². The molecule has 0 saturated heterocycles. The third kappa shape index (κ3) is 12.3. The molecule has 14 heavy (non-hydrogen) atoms. The van der Waals surface area contributed by atoms with Crippen LogP contribution in [0.3, 0.4) is 0 Å². The molecule has 0 N–H and O–H groups in total. The van der Waals surface area contributed by atoms with Crippen molar-refractivity contribution in [2.45, 2.75) is 37.7 Å². The molecule has 0 aromatic rings. The summed E-state index contributed by atoms with van der Waals surface area (Å²) < 4.78 is 10.5. The van der Waals surface area contributed by atoms with E-state index in [1.807, 2.05) is 0 Å². The van der Waals surface area contributed by atoms with Gasteiger partial charge in [0.15, 0.2) is 0 Å². The second-order valence-electron chi connectivity index (χ2n) is 3.34. The summed E-state index contributed by atoms with van der Waals surface area (Å²) in [6.45, 7) is 4.19. The molecule has 0 aliphatic heterocycles. The van der Waals surface area contributed by atoms with Crippen LogP contribution in [0.1, 0.15) is 32.6 Å². The zero-order chi connectivity index (χ0) is 10.5. The summed E-state index contributed by atoms with van der Waals surface area (Å²) in [5.41, 5.74) is 0. The number of hydrogen-bond acceptors (Lipinski definition) is 2. The molecule has 0 rings (SSSR count). The first-order chi connectivity index (χ1) is 6.91. The van der Waals surface area contributed by atoms with Crippen molar-refractivity contribution in [3.8, 4) is 0 Å². The second-order valence-corrected chi connectivity index (χ2v) is 3.34. The van der Waals surface area contributed by atoms with Gasteiger partial charge < -0.3 is 0 Å². The fraction of sp³-hybridized carbons (Fsp3) is 0.818. The van der Waals surface area contributed by atoms with Gasteiger partial charge in [0.1, 0.15) is 0 Å². The van der Waals surface area contributed by atoms with Gasteiger partial charge >= 0.3 is 90.1 Å². The zero-order valence-electron chi connectivity index (χ0n) is 9.63. The maximum atomic E-state index is 5.29. The zero-order valence-corrected chi connectivity index (χ0v) is 9.63.